The van der Waals surface area contributed by atoms with Crippen LogP contribution in [0.25, 0.3) is 22.3 Å². The second kappa shape index (κ2) is 4.31. The van der Waals surface area contributed by atoms with Crippen LogP contribution >= 0.6 is 0 Å². The zero-order valence-electron chi connectivity index (χ0n) is 11.0. The van der Waals surface area contributed by atoms with Crippen LogP contribution in [0.15, 0.2) is 24.5 Å². The minimum absolute atomic E-state index is 0.645. The number of aryl methyl sites for hydroxylation is 2. The van der Waals surface area contributed by atoms with E-state index in [1.807, 2.05) is 43.8 Å². The Morgan fingerprint density at radius 3 is 2.84 bits per heavy atom. The van der Waals surface area contributed by atoms with Crippen LogP contribution in [0.1, 0.15) is 5.82 Å². The van der Waals surface area contributed by atoms with E-state index in [4.69, 9.17) is 0 Å². The molecule has 6 heteroatoms. The van der Waals surface area contributed by atoms with Crippen molar-refractivity contribution in [2.24, 2.45) is 7.05 Å². The van der Waals surface area contributed by atoms with Crippen LogP contribution in [0.4, 0.5) is 5.82 Å². The molecule has 0 aliphatic heterocycles. The van der Waals surface area contributed by atoms with Crippen LogP contribution < -0.4 is 5.32 Å². The van der Waals surface area contributed by atoms with Crippen molar-refractivity contribution >= 4 is 16.9 Å². The van der Waals surface area contributed by atoms with Crippen molar-refractivity contribution in [1.29, 1.82) is 0 Å². The molecule has 0 radical (unpaired) electrons. The first kappa shape index (κ1) is 11.6. The number of aromatic nitrogens is 5. The van der Waals surface area contributed by atoms with E-state index in [0.717, 1.165) is 28.1 Å². The first-order chi connectivity index (χ1) is 9.19. The van der Waals surface area contributed by atoms with E-state index in [1.165, 1.54) is 0 Å². The number of imidazole rings is 1. The maximum absolute atomic E-state index is 4.35. The van der Waals surface area contributed by atoms with Gasteiger partial charge in [0.25, 0.3) is 0 Å². The fourth-order valence-corrected chi connectivity index (χ4v) is 2.06. The fourth-order valence-electron chi connectivity index (χ4n) is 2.06. The molecule has 19 heavy (non-hydrogen) atoms. The van der Waals surface area contributed by atoms with Crippen LogP contribution in [0.5, 0.6) is 0 Å². The molecule has 2 aromatic heterocycles. The van der Waals surface area contributed by atoms with E-state index in [-0.39, 0.29) is 0 Å². The third-order valence-electron chi connectivity index (χ3n) is 3.03. The lowest BCUT2D eigenvalue weighted by atomic mass is 10.1. The Bertz CT molecular complexity index is 746. The molecule has 0 saturated carbocycles. The molecule has 0 atom stereocenters. The molecule has 2 heterocycles. The van der Waals surface area contributed by atoms with Gasteiger partial charge in [0.15, 0.2) is 5.82 Å². The molecule has 3 aromatic rings. The molecule has 1 aromatic carbocycles. The first-order valence-corrected chi connectivity index (χ1v) is 5.99. The Balaban J connectivity index is 2.18. The van der Waals surface area contributed by atoms with Crippen molar-refractivity contribution in [2.45, 2.75) is 6.92 Å². The third kappa shape index (κ3) is 1.91. The van der Waals surface area contributed by atoms with Crippen molar-refractivity contribution in [2.75, 3.05) is 12.4 Å². The van der Waals surface area contributed by atoms with Gasteiger partial charge in [-0.05, 0) is 19.1 Å². The summed E-state index contributed by atoms with van der Waals surface area (Å²) in [5, 5.41) is 11.3. The largest absolute Gasteiger partial charge is 0.371 e. The van der Waals surface area contributed by atoms with Crippen LogP contribution in [0.3, 0.4) is 0 Å². The minimum Gasteiger partial charge on any atom is -0.371 e. The molecular formula is C13H14N6. The van der Waals surface area contributed by atoms with Crippen molar-refractivity contribution in [3.63, 3.8) is 0 Å². The highest BCUT2D eigenvalue weighted by molar-refractivity contribution is 5.83. The van der Waals surface area contributed by atoms with Crippen molar-refractivity contribution < 1.29 is 0 Å². The lowest BCUT2D eigenvalue weighted by Gasteiger charge is -2.07. The number of fused-ring (bicyclic) bond motifs is 1. The Hall–Kier alpha value is -2.50. The van der Waals surface area contributed by atoms with E-state index < -0.39 is 0 Å². The summed E-state index contributed by atoms with van der Waals surface area (Å²) in [5.41, 5.74) is 3.71. The van der Waals surface area contributed by atoms with Gasteiger partial charge < -0.3 is 9.88 Å². The average molecular weight is 254 g/mol. The Kier molecular flexibility index (Phi) is 2.63. The van der Waals surface area contributed by atoms with Crippen LogP contribution in [-0.2, 0) is 7.05 Å². The Morgan fingerprint density at radius 2 is 2.05 bits per heavy atom. The summed E-state index contributed by atoms with van der Waals surface area (Å²) in [6, 6.07) is 6.03. The average Bonchev–Trinajstić information content (AvgIpc) is 2.79. The molecule has 0 bridgehead atoms. The number of benzene rings is 1. The van der Waals surface area contributed by atoms with Crippen molar-refractivity contribution in [1.82, 2.24) is 24.7 Å². The van der Waals surface area contributed by atoms with Gasteiger partial charge in [-0.1, -0.05) is 6.07 Å². The molecular weight excluding hydrogens is 240 g/mol. The number of hydrogen-bond donors (Lipinski definition) is 1. The number of anilines is 1. The summed E-state index contributed by atoms with van der Waals surface area (Å²) < 4.78 is 1.98. The SMILES string of the molecule is CNc1nc(C)nnc1-c1ccc2c(c1)ncn2C. The Labute approximate surface area is 110 Å². The smallest absolute Gasteiger partial charge is 0.156 e. The van der Waals surface area contributed by atoms with Gasteiger partial charge in [0.2, 0.25) is 0 Å². The van der Waals surface area contributed by atoms with Gasteiger partial charge in [0.05, 0.1) is 17.4 Å². The summed E-state index contributed by atoms with van der Waals surface area (Å²) >= 11 is 0. The molecule has 6 nitrogen and oxygen atoms in total. The lowest BCUT2D eigenvalue weighted by molar-refractivity contribution is 0.916. The summed E-state index contributed by atoms with van der Waals surface area (Å²) in [4.78, 5) is 8.69. The van der Waals surface area contributed by atoms with E-state index in [2.05, 4.69) is 25.5 Å². The summed E-state index contributed by atoms with van der Waals surface area (Å²) in [6.45, 7) is 1.82. The van der Waals surface area contributed by atoms with Gasteiger partial charge >= 0.3 is 0 Å². The van der Waals surface area contributed by atoms with E-state index >= 15 is 0 Å². The standard InChI is InChI=1S/C13H14N6/c1-8-16-13(14-2)12(18-17-8)9-4-5-11-10(6-9)15-7-19(11)3/h4-7H,1-3H3,(H,14,16,17). The first-order valence-electron chi connectivity index (χ1n) is 5.99. The third-order valence-corrected chi connectivity index (χ3v) is 3.03. The maximum atomic E-state index is 4.35. The number of hydrogen-bond acceptors (Lipinski definition) is 5. The van der Waals surface area contributed by atoms with Gasteiger partial charge in [-0.3, -0.25) is 0 Å². The topological polar surface area (TPSA) is 68.5 Å². The summed E-state index contributed by atoms with van der Waals surface area (Å²) in [7, 11) is 3.80. The molecule has 0 aliphatic rings. The zero-order chi connectivity index (χ0) is 13.4. The van der Waals surface area contributed by atoms with Crippen molar-refractivity contribution in [3.8, 4) is 11.3 Å². The number of nitrogens with zero attached hydrogens (tertiary/aromatic N) is 5. The van der Waals surface area contributed by atoms with Crippen LogP contribution in [0.2, 0.25) is 0 Å². The fraction of sp³-hybridized carbons (Fsp3) is 0.231. The normalized spacial score (nSPS) is 10.9. The molecule has 3 rings (SSSR count). The molecule has 1 N–H and O–H groups in total. The van der Waals surface area contributed by atoms with Gasteiger partial charge in [-0.25, -0.2) is 9.97 Å². The molecule has 0 aliphatic carbocycles. The number of nitrogens with one attached hydrogen (secondary N) is 1. The summed E-state index contributed by atoms with van der Waals surface area (Å²) in [6.07, 6.45) is 1.80. The zero-order valence-corrected chi connectivity index (χ0v) is 11.0. The minimum atomic E-state index is 0.645. The van der Waals surface area contributed by atoms with E-state index in [1.54, 1.807) is 6.33 Å². The maximum Gasteiger partial charge on any atom is 0.156 e. The second-order valence-electron chi connectivity index (χ2n) is 4.37. The van der Waals surface area contributed by atoms with Gasteiger partial charge in [0.1, 0.15) is 11.5 Å². The van der Waals surface area contributed by atoms with Gasteiger partial charge in [-0.2, -0.15) is 0 Å². The highest BCUT2D eigenvalue weighted by Gasteiger charge is 2.10. The summed E-state index contributed by atoms with van der Waals surface area (Å²) in [5.74, 6) is 1.37. The quantitative estimate of drug-likeness (QED) is 0.755. The molecule has 0 saturated heterocycles. The highest BCUT2D eigenvalue weighted by Crippen LogP contribution is 2.26. The Morgan fingerprint density at radius 1 is 1.21 bits per heavy atom. The van der Waals surface area contributed by atoms with Gasteiger partial charge in [0, 0.05) is 19.7 Å². The van der Waals surface area contributed by atoms with Crippen LogP contribution in [-0.4, -0.2) is 31.8 Å². The number of rotatable bonds is 2. The van der Waals surface area contributed by atoms with E-state index in [9.17, 15) is 0 Å². The molecule has 0 amide bonds. The van der Waals surface area contributed by atoms with Gasteiger partial charge in [-0.15, -0.1) is 10.2 Å². The lowest BCUT2D eigenvalue weighted by Crippen LogP contribution is -2.02. The van der Waals surface area contributed by atoms with Crippen LogP contribution in [0, 0.1) is 6.92 Å². The van der Waals surface area contributed by atoms with E-state index in [0.29, 0.717) is 5.82 Å². The second-order valence-corrected chi connectivity index (χ2v) is 4.37. The molecule has 0 unspecified atom stereocenters. The molecule has 0 fully saturated rings. The highest BCUT2D eigenvalue weighted by atomic mass is 15.2. The predicted octanol–water partition coefficient (Wildman–Crippen LogP) is 1.78. The molecule has 0 spiro atoms. The van der Waals surface area contributed by atoms with Crippen molar-refractivity contribution in [3.05, 3.63) is 30.4 Å². The molecule has 96 valence electrons. The monoisotopic (exact) mass is 254 g/mol. The predicted molar refractivity (Wildman–Crippen MR) is 73.8 cm³/mol.